The molecule has 9 heteroatoms. The molecule has 2 heterocycles. The van der Waals surface area contributed by atoms with Crippen molar-refractivity contribution in [3.8, 4) is 5.88 Å². The molecule has 0 fully saturated rings. The molecule has 2 aromatic rings. The van der Waals surface area contributed by atoms with Crippen LogP contribution in [0.25, 0.3) is 10.9 Å². The van der Waals surface area contributed by atoms with E-state index < -0.39 is 16.1 Å². The number of fused-ring (bicyclic) bond motifs is 3. The maximum atomic E-state index is 12.5. The van der Waals surface area contributed by atoms with Crippen LogP contribution in [-0.2, 0) is 23.3 Å². The standard InChI is InChI=1S/C13H16N4O4S/c1-15(2)22(20,21)17-12-9(11(14-19)13(17)18)5-4-8-6-16(3)7-10(8)12/h4-5,18H,6-7H2,1-3H3. The van der Waals surface area contributed by atoms with Gasteiger partial charge in [-0.2, -0.15) is 16.7 Å². The van der Waals surface area contributed by atoms with Crippen molar-refractivity contribution in [3.05, 3.63) is 28.2 Å². The van der Waals surface area contributed by atoms with Crippen LogP contribution < -0.4 is 0 Å². The fraction of sp³-hybridized carbons (Fsp3) is 0.385. The molecule has 0 amide bonds. The minimum Gasteiger partial charge on any atom is -0.492 e. The highest BCUT2D eigenvalue weighted by atomic mass is 32.2. The Balaban J connectivity index is 2.49. The maximum absolute atomic E-state index is 12.5. The van der Waals surface area contributed by atoms with Crippen LogP contribution in [0.3, 0.4) is 0 Å². The maximum Gasteiger partial charge on any atom is 0.310 e. The first-order chi connectivity index (χ1) is 10.3. The van der Waals surface area contributed by atoms with Crippen LogP contribution in [-0.4, -0.2) is 47.8 Å². The lowest BCUT2D eigenvalue weighted by molar-refractivity contribution is 0.353. The molecule has 22 heavy (non-hydrogen) atoms. The summed E-state index contributed by atoms with van der Waals surface area (Å²) < 4.78 is 26.9. The number of nitrogens with zero attached hydrogens (tertiary/aromatic N) is 4. The highest BCUT2D eigenvalue weighted by Crippen LogP contribution is 2.43. The average molecular weight is 324 g/mol. The molecule has 0 unspecified atom stereocenters. The van der Waals surface area contributed by atoms with E-state index in [1.54, 1.807) is 6.07 Å². The Hall–Kier alpha value is -1.97. The highest BCUT2D eigenvalue weighted by molar-refractivity contribution is 7.87. The van der Waals surface area contributed by atoms with Crippen molar-refractivity contribution < 1.29 is 13.5 Å². The molecule has 0 spiro atoms. The molecule has 3 rings (SSSR count). The van der Waals surface area contributed by atoms with Gasteiger partial charge in [-0.15, -0.1) is 4.91 Å². The minimum atomic E-state index is -3.98. The number of aromatic nitrogens is 1. The molecule has 1 aliphatic rings. The minimum absolute atomic E-state index is 0.252. The molecule has 0 bridgehead atoms. The van der Waals surface area contributed by atoms with Crippen molar-refractivity contribution in [2.24, 2.45) is 5.18 Å². The van der Waals surface area contributed by atoms with Gasteiger partial charge in [0.15, 0.2) is 5.69 Å². The van der Waals surface area contributed by atoms with E-state index in [0.29, 0.717) is 24.0 Å². The lowest BCUT2D eigenvalue weighted by atomic mass is 10.1. The Morgan fingerprint density at radius 2 is 1.95 bits per heavy atom. The van der Waals surface area contributed by atoms with E-state index in [1.165, 1.54) is 14.1 Å². The van der Waals surface area contributed by atoms with Crippen molar-refractivity contribution in [1.29, 1.82) is 0 Å². The first kappa shape index (κ1) is 14.9. The molecule has 8 nitrogen and oxygen atoms in total. The predicted octanol–water partition coefficient (Wildman–Crippen LogP) is 1.34. The summed E-state index contributed by atoms with van der Waals surface area (Å²) in [7, 11) is 0.665. The number of aromatic hydroxyl groups is 1. The summed E-state index contributed by atoms with van der Waals surface area (Å²) in [5, 5.41) is 13.4. The van der Waals surface area contributed by atoms with Gasteiger partial charge < -0.3 is 5.11 Å². The van der Waals surface area contributed by atoms with Crippen LogP contribution in [0.1, 0.15) is 11.1 Å². The summed E-state index contributed by atoms with van der Waals surface area (Å²) in [5.41, 5.74) is 1.83. The third kappa shape index (κ3) is 1.86. The second-order valence-corrected chi connectivity index (χ2v) is 7.58. The number of benzene rings is 1. The van der Waals surface area contributed by atoms with Gasteiger partial charge in [-0.3, -0.25) is 4.90 Å². The fourth-order valence-electron chi connectivity index (χ4n) is 2.84. The van der Waals surface area contributed by atoms with Crippen molar-refractivity contribution >= 4 is 26.8 Å². The van der Waals surface area contributed by atoms with Crippen LogP contribution in [0.15, 0.2) is 17.3 Å². The molecule has 1 N–H and O–H groups in total. The predicted molar refractivity (Wildman–Crippen MR) is 82.2 cm³/mol. The zero-order valence-corrected chi connectivity index (χ0v) is 13.3. The van der Waals surface area contributed by atoms with Gasteiger partial charge in [-0.25, -0.2) is 0 Å². The van der Waals surface area contributed by atoms with Crippen LogP contribution in [0.5, 0.6) is 5.88 Å². The van der Waals surface area contributed by atoms with Gasteiger partial charge in [0.05, 0.1) is 5.52 Å². The summed E-state index contributed by atoms with van der Waals surface area (Å²) in [4.78, 5) is 13.1. The van der Waals surface area contributed by atoms with E-state index in [0.717, 1.165) is 19.4 Å². The van der Waals surface area contributed by atoms with E-state index in [-0.39, 0.29) is 5.69 Å². The quantitative estimate of drug-likeness (QED) is 0.860. The van der Waals surface area contributed by atoms with Gasteiger partial charge in [-0.1, -0.05) is 6.07 Å². The van der Waals surface area contributed by atoms with E-state index in [9.17, 15) is 18.4 Å². The molecule has 0 radical (unpaired) electrons. The van der Waals surface area contributed by atoms with Crippen molar-refractivity contribution in [2.45, 2.75) is 13.1 Å². The Labute approximate surface area is 127 Å². The van der Waals surface area contributed by atoms with E-state index in [1.807, 2.05) is 18.0 Å². The van der Waals surface area contributed by atoms with Gasteiger partial charge in [0.25, 0.3) is 0 Å². The van der Waals surface area contributed by atoms with Crippen LogP contribution in [0.2, 0.25) is 0 Å². The molecule has 0 atom stereocenters. The summed E-state index contributed by atoms with van der Waals surface area (Å²) in [6.07, 6.45) is 0. The zero-order valence-electron chi connectivity index (χ0n) is 12.4. The van der Waals surface area contributed by atoms with Gasteiger partial charge >= 0.3 is 10.2 Å². The molecule has 1 aliphatic heterocycles. The third-order valence-corrected chi connectivity index (χ3v) is 5.63. The summed E-state index contributed by atoms with van der Waals surface area (Å²) >= 11 is 0. The number of hydrogen-bond donors (Lipinski definition) is 1. The number of nitroso groups, excluding NO2 is 1. The van der Waals surface area contributed by atoms with Gasteiger partial charge in [0.1, 0.15) is 0 Å². The number of hydrogen-bond acceptors (Lipinski definition) is 6. The molecule has 118 valence electrons. The van der Waals surface area contributed by atoms with Gasteiger partial charge in [0.2, 0.25) is 5.88 Å². The first-order valence-corrected chi connectivity index (χ1v) is 8.01. The molecular weight excluding hydrogens is 308 g/mol. The van der Waals surface area contributed by atoms with Crippen molar-refractivity contribution in [3.63, 3.8) is 0 Å². The van der Waals surface area contributed by atoms with E-state index >= 15 is 0 Å². The Kier molecular flexibility index (Phi) is 3.24. The van der Waals surface area contributed by atoms with E-state index in [2.05, 4.69) is 5.18 Å². The Morgan fingerprint density at radius 1 is 1.27 bits per heavy atom. The van der Waals surface area contributed by atoms with Crippen LogP contribution >= 0.6 is 0 Å². The molecule has 1 aromatic heterocycles. The largest absolute Gasteiger partial charge is 0.492 e. The van der Waals surface area contributed by atoms with Crippen molar-refractivity contribution in [2.75, 3.05) is 21.1 Å². The molecule has 1 aromatic carbocycles. The molecule has 0 saturated heterocycles. The monoisotopic (exact) mass is 324 g/mol. The topological polar surface area (TPSA) is 95.2 Å². The van der Waals surface area contributed by atoms with Gasteiger partial charge in [-0.05, 0) is 29.4 Å². The number of rotatable bonds is 3. The highest BCUT2D eigenvalue weighted by Gasteiger charge is 2.32. The van der Waals surface area contributed by atoms with Crippen molar-refractivity contribution in [1.82, 2.24) is 13.2 Å². The summed E-state index contributed by atoms with van der Waals surface area (Å²) in [6, 6.07) is 3.47. The smallest absolute Gasteiger partial charge is 0.310 e. The second-order valence-electron chi connectivity index (χ2n) is 5.59. The van der Waals surface area contributed by atoms with Crippen LogP contribution in [0.4, 0.5) is 5.69 Å². The summed E-state index contributed by atoms with van der Waals surface area (Å²) in [5.74, 6) is -0.651. The molecule has 0 aliphatic carbocycles. The van der Waals surface area contributed by atoms with E-state index in [4.69, 9.17) is 0 Å². The normalized spacial score (nSPS) is 15.6. The second kappa shape index (κ2) is 4.77. The zero-order chi connectivity index (χ0) is 16.2. The third-order valence-electron chi connectivity index (χ3n) is 3.89. The summed E-state index contributed by atoms with van der Waals surface area (Å²) in [6.45, 7) is 1.22. The first-order valence-electron chi connectivity index (χ1n) is 6.62. The van der Waals surface area contributed by atoms with Gasteiger partial charge in [0, 0.05) is 32.6 Å². The Morgan fingerprint density at radius 3 is 2.55 bits per heavy atom. The lowest BCUT2D eigenvalue weighted by Crippen LogP contribution is -2.28. The van der Waals surface area contributed by atoms with Crippen LogP contribution in [0, 0.1) is 4.91 Å². The average Bonchev–Trinajstić information content (AvgIpc) is 2.94. The SMILES string of the molecule is CN1Cc2ccc3c(N=O)c(O)n(S(=O)(=O)N(C)C)c3c2C1. The molecular formula is C13H16N4O4S. The lowest BCUT2D eigenvalue weighted by Gasteiger charge is -2.15. The fourth-order valence-corrected chi connectivity index (χ4v) is 3.91. The Bertz CT molecular complexity index is 885. The molecule has 0 saturated carbocycles.